The molecule has 0 saturated carbocycles. The Bertz CT molecular complexity index is 498. The summed E-state index contributed by atoms with van der Waals surface area (Å²) in [6.45, 7) is 1.06. The number of fused-ring (bicyclic) bond motifs is 1. The van der Waals surface area contributed by atoms with E-state index in [4.69, 9.17) is 9.84 Å². The van der Waals surface area contributed by atoms with Crippen LogP contribution in [0.4, 0.5) is 0 Å². The van der Waals surface area contributed by atoms with Crippen molar-refractivity contribution in [2.45, 2.75) is 25.8 Å². The number of carboxylic acid groups (broad SMARTS) is 1. The summed E-state index contributed by atoms with van der Waals surface area (Å²) in [5.41, 5.74) is 1.43. The molecule has 0 bridgehead atoms. The van der Waals surface area contributed by atoms with E-state index in [1.54, 1.807) is 6.20 Å². The van der Waals surface area contributed by atoms with E-state index < -0.39 is 5.97 Å². The van der Waals surface area contributed by atoms with Gasteiger partial charge in [0.25, 0.3) is 5.91 Å². The van der Waals surface area contributed by atoms with Gasteiger partial charge in [0.15, 0.2) is 0 Å². The highest BCUT2D eigenvalue weighted by Gasteiger charge is 2.25. The van der Waals surface area contributed by atoms with Crippen molar-refractivity contribution in [1.29, 1.82) is 0 Å². The van der Waals surface area contributed by atoms with Crippen LogP contribution >= 0.6 is 0 Å². The van der Waals surface area contributed by atoms with Gasteiger partial charge in [-0.1, -0.05) is 0 Å². The van der Waals surface area contributed by atoms with Crippen molar-refractivity contribution >= 4 is 11.9 Å². The van der Waals surface area contributed by atoms with Crippen LogP contribution in [-0.2, 0) is 22.5 Å². The summed E-state index contributed by atoms with van der Waals surface area (Å²) < 4.78 is 6.77. The maximum atomic E-state index is 12.5. The van der Waals surface area contributed by atoms with Gasteiger partial charge in [0.2, 0.25) is 0 Å². The van der Waals surface area contributed by atoms with Crippen LogP contribution < -0.4 is 0 Å². The number of hydrogen-bond acceptors (Lipinski definition) is 4. The molecule has 1 aliphatic heterocycles. The maximum absolute atomic E-state index is 12.5. The van der Waals surface area contributed by atoms with E-state index >= 15 is 0 Å². The Hall–Kier alpha value is -1.89. The summed E-state index contributed by atoms with van der Waals surface area (Å²) in [6, 6.07) is 0. The van der Waals surface area contributed by atoms with Crippen molar-refractivity contribution in [2.24, 2.45) is 0 Å². The molecule has 7 heteroatoms. The molecule has 0 fully saturated rings. The van der Waals surface area contributed by atoms with E-state index in [1.807, 2.05) is 4.68 Å². The number of methoxy groups -OCH3 is 1. The lowest BCUT2D eigenvalue weighted by atomic mass is 10.1. The first-order chi connectivity index (χ1) is 9.63. The summed E-state index contributed by atoms with van der Waals surface area (Å²) in [5, 5.41) is 13.1. The minimum Gasteiger partial charge on any atom is -0.480 e. The molecule has 0 unspecified atom stereocenters. The van der Waals surface area contributed by atoms with Crippen molar-refractivity contribution in [2.75, 3.05) is 26.8 Å². The molecule has 1 N–H and O–H groups in total. The molecular weight excluding hydrogens is 262 g/mol. The topological polar surface area (TPSA) is 84.7 Å². The van der Waals surface area contributed by atoms with Gasteiger partial charge in [-0.05, 0) is 19.3 Å². The molecule has 1 amide bonds. The smallest absolute Gasteiger partial charge is 0.323 e. The van der Waals surface area contributed by atoms with Crippen LogP contribution in [0.3, 0.4) is 0 Å². The van der Waals surface area contributed by atoms with E-state index in [1.165, 1.54) is 12.0 Å². The largest absolute Gasteiger partial charge is 0.480 e. The van der Waals surface area contributed by atoms with E-state index in [9.17, 15) is 9.59 Å². The third-order valence-corrected chi connectivity index (χ3v) is 3.39. The molecular formula is C13H19N3O4. The number of aliphatic carboxylic acids is 1. The lowest BCUT2D eigenvalue weighted by Gasteiger charge is -2.21. The molecule has 0 atom stereocenters. The Morgan fingerprint density at radius 3 is 3.00 bits per heavy atom. The second-order valence-corrected chi connectivity index (χ2v) is 4.80. The molecule has 1 aliphatic rings. The first-order valence-electron chi connectivity index (χ1n) is 6.68. The van der Waals surface area contributed by atoms with E-state index in [2.05, 4.69) is 5.10 Å². The van der Waals surface area contributed by atoms with Crippen LogP contribution in [0.5, 0.6) is 0 Å². The number of carbonyl (C=O) groups is 2. The minimum absolute atomic E-state index is 0.256. The number of aromatic nitrogens is 2. The van der Waals surface area contributed by atoms with Crippen LogP contribution in [0.25, 0.3) is 0 Å². The molecule has 7 nitrogen and oxygen atoms in total. The number of aryl methyl sites for hydroxylation is 1. The van der Waals surface area contributed by atoms with Gasteiger partial charge in [-0.25, -0.2) is 0 Å². The highest BCUT2D eigenvalue weighted by molar-refractivity contribution is 5.96. The van der Waals surface area contributed by atoms with Gasteiger partial charge in [-0.2, -0.15) is 5.10 Å². The molecule has 1 aromatic rings. The van der Waals surface area contributed by atoms with E-state index in [0.717, 1.165) is 31.5 Å². The Morgan fingerprint density at radius 1 is 1.50 bits per heavy atom. The van der Waals surface area contributed by atoms with Gasteiger partial charge < -0.3 is 14.7 Å². The molecule has 0 saturated heterocycles. The Morgan fingerprint density at radius 2 is 2.30 bits per heavy atom. The fourth-order valence-electron chi connectivity index (χ4n) is 2.39. The van der Waals surface area contributed by atoms with Crippen LogP contribution in [0.2, 0.25) is 0 Å². The summed E-state index contributed by atoms with van der Waals surface area (Å²) >= 11 is 0. The highest BCUT2D eigenvalue weighted by atomic mass is 16.5. The molecule has 0 aromatic carbocycles. The molecule has 2 heterocycles. The third-order valence-electron chi connectivity index (χ3n) is 3.39. The summed E-state index contributed by atoms with van der Waals surface area (Å²) in [5.74, 6) is -1.32. The quantitative estimate of drug-likeness (QED) is 0.815. The second kappa shape index (κ2) is 6.51. The predicted octanol–water partition coefficient (Wildman–Crippen LogP) is 0.393. The van der Waals surface area contributed by atoms with Gasteiger partial charge in [-0.3, -0.25) is 14.3 Å². The Labute approximate surface area is 117 Å². The molecule has 0 spiro atoms. The number of carbonyl (C=O) groups excluding carboxylic acids is 1. The van der Waals surface area contributed by atoms with E-state index in [0.29, 0.717) is 12.2 Å². The van der Waals surface area contributed by atoms with Gasteiger partial charge in [-0.15, -0.1) is 0 Å². The van der Waals surface area contributed by atoms with Crippen LogP contribution in [-0.4, -0.2) is 58.5 Å². The normalized spacial score (nSPS) is 13.8. The number of ether oxygens (including phenoxy) is 1. The SMILES string of the molecule is COCCN(CC(=O)O)C(=O)c1cnn2c1CCCC2. The zero-order valence-corrected chi connectivity index (χ0v) is 11.5. The molecule has 20 heavy (non-hydrogen) atoms. The van der Waals surface area contributed by atoms with Crippen LogP contribution in [0, 0.1) is 0 Å². The zero-order valence-electron chi connectivity index (χ0n) is 11.5. The van der Waals surface area contributed by atoms with Gasteiger partial charge in [0.1, 0.15) is 6.54 Å². The summed E-state index contributed by atoms with van der Waals surface area (Å²) in [6.07, 6.45) is 4.45. The van der Waals surface area contributed by atoms with Gasteiger partial charge >= 0.3 is 5.97 Å². The minimum atomic E-state index is -1.03. The highest BCUT2D eigenvalue weighted by Crippen LogP contribution is 2.19. The van der Waals surface area contributed by atoms with Crippen LogP contribution in [0.15, 0.2) is 6.20 Å². The number of nitrogens with zero attached hydrogens (tertiary/aromatic N) is 3. The van der Waals surface area contributed by atoms with Crippen molar-refractivity contribution in [1.82, 2.24) is 14.7 Å². The molecule has 2 rings (SSSR count). The fraction of sp³-hybridized carbons (Fsp3) is 0.615. The predicted molar refractivity (Wildman–Crippen MR) is 70.6 cm³/mol. The van der Waals surface area contributed by atoms with Crippen molar-refractivity contribution in [3.05, 3.63) is 17.5 Å². The maximum Gasteiger partial charge on any atom is 0.323 e. The number of amides is 1. The van der Waals surface area contributed by atoms with Crippen molar-refractivity contribution < 1.29 is 19.4 Å². The Kier molecular flexibility index (Phi) is 4.73. The standard InChI is InChI=1S/C13H19N3O4/c1-20-7-6-15(9-12(17)18)13(19)10-8-14-16-5-3-2-4-11(10)16/h8H,2-7,9H2,1H3,(H,17,18). The molecule has 1 aromatic heterocycles. The molecule has 0 aliphatic carbocycles. The first kappa shape index (κ1) is 14.5. The van der Waals surface area contributed by atoms with Crippen LogP contribution in [0.1, 0.15) is 28.9 Å². The monoisotopic (exact) mass is 281 g/mol. The van der Waals surface area contributed by atoms with Crippen molar-refractivity contribution in [3.63, 3.8) is 0 Å². The number of carboxylic acids is 1. The Balaban J connectivity index is 2.17. The fourth-order valence-corrected chi connectivity index (χ4v) is 2.39. The first-order valence-corrected chi connectivity index (χ1v) is 6.68. The third kappa shape index (κ3) is 3.16. The lowest BCUT2D eigenvalue weighted by Crippen LogP contribution is -2.38. The van der Waals surface area contributed by atoms with Gasteiger partial charge in [0, 0.05) is 20.2 Å². The molecule has 0 radical (unpaired) electrons. The average molecular weight is 281 g/mol. The second-order valence-electron chi connectivity index (χ2n) is 4.80. The number of hydrogen-bond donors (Lipinski definition) is 1. The van der Waals surface area contributed by atoms with Crippen molar-refractivity contribution in [3.8, 4) is 0 Å². The lowest BCUT2D eigenvalue weighted by molar-refractivity contribution is -0.137. The summed E-state index contributed by atoms with van der Waals surface area (Å²) in [4.78, 5) is 24.6. The van der Waals surface area contributed by atoms with E-state index in [-0.39, 0.29) is 19.0 Å². The zero-order chi connectivity index (χ0) is 14.5. The average Bonchev–Trinajstić information content (AvgIpc) is 2.86. The van der Waals surface area contributed by atoms with Gasteiger partial charge in [0.05, 0.1) is 24.1 Å². The summed E-state index contributed by atoms with van der Waals surface area (Å²) in [7, 11) is 1.52. The number of rotatable bonds is 6. The molecule has 110 valence electrons.